The number of carbonyl (C=O) groups is 1. The summed E-state index contributed by atoms with van der Waals surface area (Å²) in [5.74, 6) is -1.87. The molecule has 0 fully saturated rings. The molecule has 5 rings (SSSR count). The third-order valence-corrected chi connectivity index (χ3v) is 6.13. The molecule has 198 valence electrons. The molecule has 3 N–H and O–H groups in total. The van der Waals surface area contributed by atoms with E-state index in [0.717, 1.165) is 5.56 Å². The van der Waals surface area contributed by atoms with Crippen LogP contribution in [0.3, 0.4) is 0 Å². The van der Waals surface area contributed by atoms with Crippen LogP contribution in [0.1, 0.15) is 36.8 Å². The predicted molar refractivity (Wildman–Crippen MR) is 143 cm³/mol. The van der Waals surface area contributed by atoms with Crippen molar-refractivity contribution < 1.29 is 28.2 Å². The number of H-pyrrole nitrogens is 2. The number of aromatic nitrogens is 3. The van der Waals surface area contributed by atoms with E-state index in [1.54, 1.807) is 62.4 Å². The van der Waals surface area contributed by atoms with Crippen LogP contribution in [0.15, 0.2) is 78.6 Å². The van der Waals surface area contributed by atoms with Crippen LogP contribution in [-0.4, -0.2) is 32.6 Å². The summed E-state index contributed by atoms with van der Waals surface area (Å²) in [6.45, 7) is 3.70. The van der Waals surface area contributed by atoms with Crippen LogP contribution >= 0.6 is 0 Å². The lowest BCUT2D eigenvalue weighted by molar-refractivity contribution is -0.138. The van der Waals surface area contributed by atoms with Crippen molar-refractivity contribution in [3.63, 3.8) is 0 Å². The number of aliphatic hydroxyl groups is 1. The lowest BCUT2D eigenvalue weighted by Gasteiger charge is -2.11. The lowest BCUT2D eigenvalue weighted by atomic mass is 10.0. The number of nitrogens with one attached hydrogen (secondary N) is 2. The van der Waals surface area contributed by atoms with Gasteiger partial charge in [0.05, 0.1) is 24.0 Å². The fraction of sp³-hybridized carbons (Fsp3) is 0.133. The van der Waals surface area contributed by atoms with Gasteiger partial charge in [0.25, 0.3) is 0 Å². The summed E-state index contributed by atoms with van der Waals surface area (Å²) < 4.78 is 40.0. The first-order chi connectivity index (χ1) is 18.8. The standard InChI is InChI=1S/C30H25F2N3O4/c1-3-38-30(37)17(2)12-18-6-4-7-19(13-18)27(36)25-16-34-29(35-25)20-8-5-9-21(14-20)39-28-23(31)15-24-22(26(28)32)10-11-33-24/h4-16,27,33,36H,3H2,1-2H3,(H,34,35)/b17-12+/t27-/m0/s1. The van der Waals surface area contributed by atoms with Crippen molar-refractivity contribution in [3.8, 4) is 22.9 Å². The predicted octanol–water partition coefficient (Wildman–Crippen LogP) is 6.68. The minimum atomic E-state index is -1.02. The van der Waals surface area contributed by atoms with Crippen molar-refractivity contribution in [2.24, 2.45) is 0 Å². The normalized spacial score (nSPS) is 12.5. The number of ether oxygens (including phenoxy) is 2. The number of fused-ring (bicyclic) bond motifs is 1. The molecule has 0 unspecified atom stereocenters. The number of aromatic amines is 2. The van der Waals surface area contributed by atoms with E-state index in [0.29, 0.717) is 33.7 Å². The molecule has 39 heavy (non-hydrogen) atoms. The van der Waals surface area contributed by atoms with Gasteiger partial charge in [-0.15, -0.1) is 0 Å². The van der Waals surface area contributed by atoms with Gasteiger partial charge in [-0.25, -0.2) is 18.6 Å². The molecule has 9 heteroatoms. The van der Waals surface area contributed by atoms with Crippen LogP contribution in [0.2, 0.25) is 0 Å². The topological polar surface area (TPSA) is 100 Å². The number of esters is 1. The van der Waals surface area contributed by atoms with E-state index >= 15 is 0 Å². The Morgan fingerprint density at radius 3 is 2.77 bits per heavy atom. The SMILES string of the molecule is CCOC(=O)/C(C)=C/c1cccc([C@H](O)c2cnc(-c3cccc(Oc4c(F)cc5[nH]ccc5c4F)c3)[nH]2)c1. The highest BCUT2D eigenvalue weighted by molar-refractivity contribution is 5.93. The number of hydrogen-bond donors (Lipinski definition) is 3. The summed E-state index contributed by atoms with van der Waals surface area (Å²) in [5.41, 5.74) is 3.15. The van der Waals surface area contributed by atoms with Gasteiger partial charge in [0.1, 0.15) is 17.7 Å². The monoisotopic (exact) mass is 529 g/mol. The molecule has 2 heterocycles. The molecule has 0 radical (unpaired) electrons. The zero-order valence-corrected chi connectivity index (χ0v) is 21.2. The van der Waals surface area contributed by atoms with Gasteiger partial charge in [0.2, 0.25) is 0 Å². The Morgan fingerprint density at radius 1 is 1.13 bits per heavy atom. The Balaban J connectivity index is 1.36. The molecule has 1 atom stereocenters. The van der Waals surface area contributed by atoms with Crippen molar-refractivity contribution in [2.45, 2.75) is 20.0 Å². The number of hydrogen-bond acceptors (Lipinski definition) is 5. The highest BCUT2D eigenvalue weighted by atomic mass is 19.1. The summed E-state index contributed by atoms with van der Waals surface area (Å²) in [5, 5.41) is 11.2. The molecule has 0 saturated carbocycles. The summed E-state index contributed by atoms with van der Waals surface area (Å²) in [7, 11) is 0. The largest absolute Gasteiger partial charge is 0.463 e. The van der Waals surface area contributed by atoms with Crippen molar-refractivity contribution >= 4 is 22.9 Å². The number of benzene rings is 3. The quantitative estimate of drug-likeness (QED) is 0.154. The Kier molecular flexibility index (Phi) is 7.25. The Bertz CT molecular complexity index is 1690. The van der Waals surface area contributed by atoms with E-state index in [1.165, 1.54) is 24.5 Å². The molecular weight excluding hydrogens is 504 g/mol. The maximum atomic E-state index is 14.8. The third-order valence-electron chi connectivity index (χ3n) is 6.13. The second-order valence-electron chi connectivity index (χ2n) is 8.88. The van der Waals surface area contributed by atoms with Gasteiger partial charge in [-0.05, 0) is 55.3 Å². The zero-order chi connectivity index (χ0) is 27.5. The van der Waals surface area contributed by atoms with Crippen molar-refractivity contribution in [3.05, 3.63) is 107 Å². The van der Waals surface area contributed by atoms with Gasteiger partial charge in [-0.1, -0.05) is 30.3 Å². The van der Waals surface area contributed by atoms with Gasteiger partial charge in [-0.3, -0.25) is 0 Å². The van der Waals surface area contributed by atoms with Crippen LogP contribution in [0, 0.1) is 11.6 Å². The fourth-order valence-electron chi connectivity index (χ4n) is 4.20. The molecule has 7 nitrogen and oxygen atoms in total. The molecule has 2 aromatic heterocycles. The van der Waals surface area contributed by atoms with Gasteiger partial charge < -0.3 is 24.5 Å². The van der Waals surface area contributed by atoms with E-state index in [-0.39, 0.29) is 17.7 Å². The van der Waals surface area contributed by atoms with E-state index < -0.39 is 29.5 Å². The maximum absolute atomic E-state index is 14.8. The second-order valence-corrected chi connectivity index (χ2v) is 8.88. The van der Waals surface area contributed by atoms with E-state index in [4.69, 9.17) is 9.47 Å². The number of carbonyl (C=O) groups excluding carboxylic acids is 1. The van der Waals surface area contributed by atoms with Gasteiger partial charge in [-0.2, -0.15) is 0 Å². The molecule has 0 bridgehead atoms. The molecule has 0 spiro atoms. The fourth-order valence-corrected chi connectivity index (χ4v) is 4.20. The molecular formula is C30H25F2N3O4. The Labute approximate surface area is 222 Å². The average molecular weight is 530 g/mol. The molecule has 3 aromatic carbocycles. The number of imidazole rings is 1. The summed E-state index contributed by atoms with van der Waals surface area (Å²) in [6, 6.07) is 16.4. The van der Waals surface area contributed by atoms with Gasteiger partial charge >= 0.3 is 5.97 Å². The number of halogens is 2. The van der Waals surface area contributed by atoms with E-state index in [1.807, 2.05) is 6.07 Å². The number of nitrogens with zero attached hydrogens (tertiary/aromatic N) is 1. The lowest BCUT2D eigenvalue weighted by Crippen LogP contribution is -2.05. The smallest absolute Gasteiger partial charge is 0.333 e. The molecule has 0 saturated heterocycles. The number of aliphatic hydroxyl groups excluding tert-OH is 1. The molecule has 0 aliphatic heterocycles. The van der Waals surface area contributed by atoms with Crippen molar-refractivity contribution in [1.82, 2.24) is 15.0 Å². The molecule has 5 aromatic rings. The second kappa shape index (κ2) is 10.9. The van der Waals surface area contributed by atoms with Crippen LogP contribution in [0.5, 0.6) is 11.5 Å². The van der Waals surface area contributed by atoms with Crippen LogP contribution in [-0.2, 0) is 9.53 Å². The van der Waals surface area contributed by atoms with E-state index in [9.17, 15) is 18.7 Å². The van der Waals surface area contributed by atoms with Crippen molar-refractivity contribution in [1.29, 1.82) is 0 Å². The summed E-state index contributed by atoms with van der Waals surface area (Å²) in [4.78, 5) is 22.2. The van der Waals surface area contributed by atoms with Gasteiger partial charge in [0.15, 0.2) is 17.4 Å². The van der Waals surface area contributed by atoms with E-state index in [2.05, 4.69) is 15.0 Å². The van der Waals surface area contributed by atoms with Gasteiger partial charge in [0, 0.05) is 28.8 Å². The molecule has 0 aliphatic carbocycles. The Morgan fingerprint density at radius 2 is 1.95 bits per heavy atom. The van der Waals surface area contributed by atoms with Crippen LogP contribution in [0.4, 0.5) is 8.78 Å². The highest BCUT2D eigenvalue weighted by Crippen LogP contribution is 2.34. The maximum Gasteiger partial charge on any atom is 0.333 e. The number of rotatable bonds is 8. The minimum absolute atomic E-state index is 0.218. The van der Waals surface area contributed by atoms with Crippen LogP contribution in [0.25, 0.3) is 28.4 Å². The third kappa shape index (κ3) is 5.44. The Hall–Kier alpha value is -4.76. The zero-order valence-electron chi connectivity index (χ0n) is 21.2. The summed E-state index contributed by atoms with van der Waals surface area (Å²) in [6.07, 6.45) is 3.72. The van der Waals surface area contributed by atoms with Crippen LogP contribution < -0.4 is 4.74 Å². The first kappa shape index (κ1) is 25.9. The summed E-state index contributed by atoms with van der Waals surface area (Å²) >= 11 is 0. The highest BCUT2D eigenvalue weighted by Gasteiger charge is 2.18. The minimum Gasteiger partial charge on any atom is -0.463 e. The van der Waals surface area contributed by atoms with Crippen molar-refractivity contribution in [2.75, 3.05) is 6.61 Å². The first-order valence-corrected chi connectivity index (χ1v) is 12.3. The average Bonchev–Trinajstić information content (AvgIpc) is 3.61. The molecule has 0 amide bonds. The first-order valence-electron chi connectivity index (χ1n) is 12.3. The molecule has 0 aliphatic rings.